The third-order valence-corrected chi connectivity index (χ3v) is 2.26. The summed E-state index contributed by atoms with van der Waals surface area (Å²) in [5.74, 6) is 0. The molecule has 2 heterocycles. The first kappa shape index (κ1) is 11.2. The molecule has 0 bridgehead atoms. The maximum absolute atomic E-state index is 8.99. The van der Waals surface area contributed by atoms with E-state index in [1.54, 1.807) is 24.8 Å². The van der Waals surface area contributed by atoms with Crippen LogP contribution in [0.3, 0.4) is 0 Å². The normalized spacial score (nSPS) is 10.1. The average Bonchev–Trinajstić information content (AvgIpc) is 2.74. The van der Waals surface area contributed by atoms with E-state index in [0.29, 0.717) is 17.8 Å². The highest BCUT2D eigenvalue weighted by molar-refractivity contribution is 5.57. The van der Waals surface area contributed by atoms with Gasteiger partial charge in [0.25, 0.3) is 0 Å². The Bertz CT molecular complexity index is 529. The van der Waals surface area contributed by atoms with Crippen LogP contribution in [0, 0.1) is 11.3 Å². The summed E-state index contributed by atoms with van der Waals surface area (Å²) in [5.41, 5.74) is 2.18. The molecule has 2 aromatic heterocycles. The lowest BCUT2D eigenvalue weighted by Crippen LogP contribution is -1.96. The lowest BCUT2D eigenvalue weighted by atomic mass is 10.1. The summed E-state index contributed by atoms with van der Waals surface area (Å²) in [7, 11) is 0. The van der Waals surface area contributed by atoms with Gasteiger partial charge in [0.2, 0.25) is 0 Å². The molecule has 0 aromatic carbocycles. The van der Waals surface area contributed by atoms with Gasteiger partial charge in [0.05, 0.1) is 12.3 Å². The van der Waals surface area contributed by atoms with E-state index in [0.717, 1.165) is 5.56 Å². The van der Waals surface area contributed by atoms with Crippen LogP contribution >= 0.6 is 0 Å². The second-order valence-corrected chi connectivity index (χ2v) is 3.42. The number of nitrogens with zero attached hydrogens (tertiary/aromatic N) is 5. The molecule has 0 spiro atoms. The van der Waals surface area contributed by atoms with E-state index < -0.39 is 0 Å². The lowest BCUT2D eigenvalue weighted by molar-refractivity contribution is 0.299. The summed E-state index contributed by atoms with van der Waals surface area (Å²) < 4.78 is 1.54. The Hall–Kier alpha value is -2.26. The van der Waals surface area contributed by atoms with E-state index in [1.165, 1.54) is 4.68 Å². The van der Waals surface area contributed by atoms with Crippen molar-refractivity contribution in [3.05, 3.63) is 30.4 Å². The maximum atomic E-state index is 8.99. The van der Waals surface area contributed by atoms with Gasteiger partial charge in [-0.2, -0.15) is 10.4 Å². The Balaban J connectivity index is 2.41. The molecular formula is C11H11N5O. The van der Waals surface area contributed by atoms with Crippen molar-refractivity contribution in [2.24, 2.45) is 0 Å². The first-order valence-corrected chi connectivity index (χ1v) is 5.15. The Morgan fingerprint density at radius 2 is 2.29 bits per heavy atom. The third-order valence-electron chi connectivity index (χ3n) is 2.26. The third kappa shape index (κ3) is 2.46. The highest BCUT2D eigenvalue weighted by Gasteiger charge is 2.11. The van der Waals surface area contributed by atoms with Gasteiger partial charge in [-0.15, -0.1) is 0 Å². The van der Waals surface area contributed by atoms with Gasteiger partial charge in [-0.05, 0) is 6.42 Å². The van der Waals surface area contributed by atoms with Gasteiger partial charge >= 0.3 is 0 Å². The number of hydrogen-bond donors (Lipinski definition) is 1. The van der Waals surface area contributed by atoms with Crippen LogP contribution in [0.5, 0.6) is 0 Å². The fraction of sp³-hybridized carbons (Fsp3) is 0.273. The monoisotopic (exact) mass is 229 g/mol. The summed E-state index contributed by atoms with van der Waals surface area (Å²) in [6, 6.07) is 2.02. The van der Waals surface area contributed by atoms with Gasteiger partial charge in [-0.1, -0.05) is 0 Å². The summed E-state index contributed by atoms with van der Waals surface area (Å²) in [6.45, 7) is 0.212. The highest BCUT2D eigenvalue weighted by Crippen LogP contribution is 2.19. The minimum atomic E-state index is 0.0332. The number of aliphatic hydroxyl groups is 1. The molecule has 86 valence electrons. The van der Waals surface area contributed by atoms with Crippen molar-refractivity contribution in [2.75, 3.05) is 6.61 Å². The van der Waals surface area contributed by atoms with E-state index in [9.17, 15) is 0 Å². The number of aromatic nitrogens is 4. The van der Waals surface area contributed by atoms with E-state index in [1.807, 2.05) is 6.07 Å². The first-order valence-electron chi connectivity index (χ1n) is 5.15. The average molecular weight is 229 g/mol. The number of nitriles is 1. The second kappa shape index (κ2) is 5.18. The highest BCUT2D eigenvalue weighted by atomic mass is 16.2. The molecule has 17 heavy (non-hydrogen) atoms. The SMILES string of the molecule is N#CCn1cc(CCO)c(-c2cnccn2)n1. The van der Waals surface area contributed by atoms with Crippen LogP contribution in [-0.2, 0) is 13.0 Å². The number of hydrogen-bond acceptors (Lipinski definition) is 5. The molecule has 0 saturated heterocycles. The van der Waals surface area contributed by atoms with E-state index in [4.69, 9.17) is 10.4 Å². The molecule has 0 saturated carbocycles. The van der Waals surface area contributed by atoms with Gasteiger partial charge in [0.1, 0.15) is 17.9 Å². The molecule has 0 fully saturated rings. The van der Waals surface area contributed by atoms with Crippen molar-refractivity contribution in [2.45, 2.75) is 13.0 Å². The standard InChI is InChI=1S/C11H11N5O/c12-2-5-16-8-9(1-6-17)11(15-16)10-7-13-3-4-14-10/h3-4,7-8,17H,1,5-6H2. The van der Waals surface area contributed by atoms with Crippen molar-refractivity contribution >= 4 is 0 Å². The van der Waals surface area contributed by atoms with Crippen LogP contribution in [0.4, 0.5) is 0 Å². The molecule has 0 aliphatic heterocycles. The van der Waals surface area contributed by atoms with Gasteiger partial charge in [-0.3, -0.25) is 14.6 Å². The molecule has 0 aliphatic rings. The number of rotatable bonds is 4. The molecule has 6 nitrogen and oxygen atoms in total. The number of aliphatic hydroxyl groups excluding tert-OH is 1. The van der Waals surface area contributed by atoms with Crippen molar-refractivity contribution in [1.29, 1.82) is 5.26 Å². The predicted octanol–water partition coefficient (Wildman–Crippen LogP) is 0.398. The van der Waals surface area contributed by atoms with Crippen LogP contribution in [-0.4, -0.2) is 31.5 Å². The molecule has 0 atom stereocenters. The van der Waals surface area contributed by atoms with Crippen molar-refractivity contribution in [1.82, 2.24) is 19.7 Å². The van der Waals surface area contributed by atoms with Gasteiger partial charge in [-0.25, -0.2) is 0 Å². The maximum Gasteiger partial charge on any atom is 0.128 e. The Kier molecular flexibility index (Phi) is 3.43. The van der Waals surface area contributed by atoms with Gasteiger partial charge in [0, 0.05) is 30.8 Å². The summed E-state index contributed by atoms with van der Waals surface area (Å²) in [6.07, 6.45) is 7.02. The molecule has 0 radical (unpaired) electrons. The Morgan fingerprint density at radius 3 is 2.94 bits per heavy atom. The molecule has 0 unspecified atom stereocenters. The van der Waals surface area contributed by atoms with Crippen molar-refractivity contribution in [3.8, 4) is 17.5 Å². The van der Waals surface area contributed by atoms with E-state index >= 15 is 0 Å². The van der Waals surface area contributed by atoms with Crippen LogP contribution in [0.2, 0.25) is 0 Å². The smallest absolute Gasteiger partial charge is 0.128 e. The minimum absolute atomic E-state index is 0.0332. The topological polar surface area (TPSA) is 87.6 Å². The minimum Gasteiger partial charge on any atom is -0.396 e. The molecule has 1 N–H and O–H groups in total. The van der Waals surface area contributed by atoms with Crippen LogP contribution in [0.15, 0.2) is 24.8 Å². The fourth-order valence-corrected chi connectivity index (χ4v) is 1.56. The van der Waals surface area contributed by atoms with E-state index in [2.05, 4.69) is 15.1 Å². The van der Waals surface area contributed by atoms with Crippen molar-refractivity contribution in [3.63, 3.8) is 0 Å². The lowest BCUT2D eigenvalue weighted by Gasteiger charge is -1.98. The molecular weight excluding hydrogens is 218 g/mol. The van der Waals surface area contributed by atoms with Crippen LogP contribution in [0.1, 0.15) is 5.56 Å². The molecule has 0 aliphatic carbocycles. The summed E-state index contributed by atoms with van der Waals surface area (Å²) in [4.78, 5) is 8.14. The van der Waals surface area contributed by atoms with Gasteiger partial charge < -0.3 is 5.11 Å². The predicted molar refractivity (Wildman–Crippen MR) is 59.7 cm³/mol. The fourth-order valence-electron chi connectivity index (χ4n) is 1.56. The quantitative estimate of drug-likeness (QED) is 0.819. The summed E-state index contributed by atoms with van der Waals surface area (Å²) in [5, 5.41) is 21.9. The van der Waals surface area contributed by atoms with Crippen LogP contribution in [0.25, 0.3) is 11.4 Å². The zero-order valence-electron chi connectivity index (χ0n) is 9.11. The Morgan fingerprint density at radius 1 is 1.41 bits per heavy atom. The molecule has 0 amide bonds. The van der Waals surface area contributed by atoms with Gasteiger partial charge in [0.15, 0.2) is 0 Å². The Labute approximate surface area is 98.2 Å². The van der Waals surface area contributed by atoms with Crippen LogP contribution < -0.4 is 0 Å². The molecule has 6 heteroatoms. The first-order chi connectivity index (χ1) is 8.35. The zero-order chi connectivity index (χ0) is 12.1. The second-order valence-electron chi connectivity index (χ2n) is 3.42. The summed E-state index contributed by atoms with van der Waals surface area (Å²) >= 11 is 0. The van der Waals surface area contributed by atoms with E-state index in [-0.39, 0.29) is 13.2 Å². The molecule has 2 aromatic rings. The molecule has 2 rings (SSSR count). The largest absolute Gasteiger partial charge is 0.396 e. The van der Waals surface area contributed by atoms with Crippen molar-refractivity contribution < 1.29 is 5.11 Å². The zero-order valence-corrected chi connectivity index (χ0v) is 9.11.